The minimum Gasteiger partial charge on any atom is -0.397 e. The number of thiophene rings is 1. The third-order valence-corrected chi connectivity index (χ3v) is 6.44. The van der Waals surface area contributed by atoms with Crippen molar-refractivity contribution in [2.24, 2.45) is 5.92 Å². The van der Waals surface area contributed by atoms with Crippen molar-refractivity contribution >= 4 is 44.7 Å². The molecule has 1 aliphatic rings. The minimum atomic E-state index is -0.0107. The third kappa shape index (κ3) is 3.35. The average molecular weight is 382 g/mol. The van der Waals surface area contributed by atoms with Gasteiger partial charge in [-0.05, 0) is 44.4 Å². The molecule has 140 valence electrons. The molecule has 0 saturated carbocycles. The van der Waals surface area contributed by atoms with Gasteiger partial charge in [0.05, 0.1) is 16.8 Å². The number of rotatable bonds is 3. The quantitative estimate of drug-likeness (QED) is 0.675. The Bertz CT molecular complexity index is 991. The van der Waals surface area contributed by atoms with Crippen LogP contribution < -0.4 is 16.0 Å². The van der Waals surface area contributed by atoms with Gasteiger partial charge in [0.15, 0.2) is 0 Å². The summed E-state index contributed by atoms with van der Waals surface area (Å²) in [5.41, 5.74) is 8.46. The Kier molecular flexibility index (Phi) is 4.70. The van der Waals surface area contributed by atoms with Crippen LogP contribution >= 0.6 is 11.3 Å². The number of amides is 1. The summed E-state index contributed by atoms with van der Waals surface area (Å²) in [7, 11) is 0. The Balaban J connectivity index is 1.47. The SMILES string of the molecule is Cc1sc2ncnc(N3CCC(C(=O)Nc4ccccc4N)CC3)c2c1C. The Morgan fingerprint density at radius 1 is 1.22 bits per heavy atom. The highest BCUT2D eigenvalue weighted by Gasteiger charge is 2.27. The number of anilines is 3. The monoisotopic (exact) mass is 381 g/mol. The maximum absolute atomic E-state index is 12.6. The fraction of sp³-hybridized carbons (Fsp3) is 0.350. The zero-order chi connectivity index (χ0) is 19.0. The summed E-state index contributed by atoms with van der Waals surface area (Å²) in [4.78, 5) is 26.2. The molecule has 3 heterocycles. The molecule has 0 spiro atoms. The number of fused-ring (bicyclic) bond motifs is 1. The number of piperidine rings is 1. The number of hydrogen-bond acceptors (Lipinski definition) is 6. The number of nitrogens with one attached hydrogen (secondary N) is 1. The van der Waals surface area contributed by atoms with E-state index in [-0.39, 0.29) is 11.8 Å². The Labute approximate surface area is 162 Å². The third-order valence-electron chi connectivity index (χ3n) is 5.33. The Morgan fingerprint density at radius 2 is 1.96 bits per heavy atom. The zero-order valence-electron chi connectivity index (χ0n) is 15.5. The fourth-order valence-corrected chi connectivity index (χ4v) is 4.59. The maximum Gasteiger partial charge on any atom is 0.227 e. The highest BCUT2D eigenvalue weighted by Crippen LogP contribution is 2.35. The number of aryl methyl sites for hydroxylation is 2. The summed E-state index contributed by atoms with van der Waals surface area (Å²) in [6.07, 6.45) is 3.24. The second-order valence-corrected chi connectivity index (χ2v) is 8.20. The van der Waals surface area contributed by atoms with Gasteiger partial charge in [-0.1, -0.05) is 12.1 Å². The van der Waals surface area contributed by atoms with Crippen LogP contribution in [0.1, 0.15) is 23.3 Å². The van der Waals surface area contributed by atoms with Gasteiger partial charge in [0.2, 0.25) is 5.91 Å². The van der Waals surface area contributed by atoms with Crippen molar-refractivity contribution in [1.29, 1.82) is 0 Å². The smallest absolute Gasteiger partial charge is 0.227 e. The van der Waals surface area contributed by atoms with E-state index in [1.54, 1.807) is 23.7 Å². The second-order valence-electron chi connectivity index (χ2n) is 7.00. The summed E-state index contributed by atoms with van der Waals surface area (Å²) in [5, 5.41) is 4.12. The van der Waals surface area contributed by atoms with E-state index >= 15 is 0 Å². The molecule has 0 bridgehead atoms. The van der Waals surface area contributed by atoms with Crippen LogP contribution in [-0.2, 0) is 4.79 Å². The van der Waals surface area contributed by atoms with Gasteiger partial charge >= 0.3 is 0 Å². The van der Waals surface area contributed by atoms with E-state index in [4.69, 9.17) is 5.73 Å². The molecule has 27 heavy (non-hydrogen) atoms. The van der Waals surface area contributed by atoms with E-state index in [9.17, 15) is 4.79 Å². The van der Waals surface area contributed by atoms with Gasteiger partial charge in [0.1, 0.15) is 17.0 Å². The van der Waals surface area contributed by atoms with Crippen molar-refractivity contribution in [2.45, 2.75) is 26.7 Å². The van der Waals surface area contributed by atoms with Crippen LogP contribution in [0.5, 0.6) is 0 Å². The molecule has 1 saturated heterocycles. The molecular formula is C20H23N5OS. The molecule has 6 nitrogen and oxygen atoms in total. The Morgan fingerprint density at radius 3 is 2.70 bits per heavy atom. The van der Waals surface area contributed by atoms with Crippen molar-refractivity contribution < 1.29 is 4.79 Å². The van der Waals surface area contributed by atoms with E-state index in [1.165, 1.54) is 10.4 Å². The van der Waals surface area contributed by atoms with E-state index in [2.05, 4.69) is 34.0 Å². The first-order chi connectivity index (χ1) is 13.0. The highest BCUT2D eigenvalue weighted by atomic mass is 32.1. The van der Waals surface area contributed by atoms with Crippen molar-refractivity contribution in [3.63, 3.8) is 0 Å². The normalized spacial score (nSPS) is 15.3. The molecule has 1 aliphatic heterocycles. The molecule has 2 aromatic heterocycles. The van der Waals surface area contributed by atoms with Gasteiger partial charge in [-0.2, -0.15) is 0 Å². The Hall–Kier alpha value is -2.67. The maximum atomic E-state index is 12.6. The largest absolute Gasteiger partial charge is 0.397 e. The molecule has 1 amide bonds. The van der Waals surface area contributed by atoms with Crippen LogP contribution in [0.2, 0.25) is 0 Å². The van der Waals surface area contributed by atoms with Crippen molar-refractivity contribution in [2.75, 3.05) is 29.0 Å². The molecule has 0 aliphatic carbocycles. The summed E-state index contributed by atoms with van der Waals surface area (Å²) in [6.45, 7) is 5.87. The number of hydrogen-bond donors (Lipinski definition) is 2. The van der Waals surface area contributed by atoms with E-state index in [0.29, 0.717) is 11.4 Å². The number of nitrogens with two attached hydrogens (primary N) is 1. The topological polar surface area (TPSA) is 84.1 Å². The van der Waals surface area contributed by atoms with Crippen LogP contribution in [0.15, 0.2) is 30.6 Å². The van der Waals surface area contributed by atoms with Crippen molar-refractivity contribution in [1.82, 2.24) is 9.97 Å². The summed E-state index contributed by atoms with van der Waals surface area (Å²) < 4.78 is 0. The number of carbonyl (C=O) groups excluding carboxylic acids is 1. The van der Waals surface area contributed by atoms with Crippen LogP contribution in [0.25, 0.3) is 10.2 Å². The lowest BCUT2D eigenvalue weighted by Gasteiger charge is -2.32. The van der Waals surface area contributed by atoms with Crippen molar-refractivity contribution in [3.05, 3.63) is 41.0 Å². The van der Waals surface area contributed by atoms with Gasteiger partial charge < -0.3 is 16.0 Å². The minimum absolute atomic E-state index is 0.0107. The van der Waals surface area contributed by atoms with Gasteiger partial charge in [-0.3, -0.25) is 4.79 Å². The fourth-order valence-electron chi connectivity index (χ4n) is 3.60. The van der Waals surface area contributed by atoms with E-state index in [1.807, 2.05) is 18.2 Å². The lowest BCUT2D eigenvalue weighted by Crippen LogP contribution is -2.38. The molecule has 0 radical (unpaired) electrons. The summed E-state index contributed by atoms with van der Waals surface area (Å²) >= 11 is 1.71. The lowest BCUT2D eigenvalue weighted by atomic mass is 9.95. The number of aromatic nitrogens is 2. The number of nitrogens with zero attached hydrogens (tertiary/aromatic N) is 3. The first-order valence-electron chi connectivity index (χ1n) is 9.15. The highest BCUT2D eigenvalue weighted by molar-refractivity contribution is 7.18. The van der Waals surface area contributed by atoms with Crippen LogP contribution in [0.4, 0.5) is 17.2 Å². The standard InChI is InChI=1S/C20H23N5OS/c1-12-13(2)27-20-17(12)18(22-11-23-20)25-9-7-14(8-10-25)19(26)24-16-6-4-3-5-15(16)21/h3-6,11,14H,7-10,21H2,1-2H3,(H,24,26). The van der Waals surface area contributed by atoms with Gasteiger partial charge in [0, 0.05) is 23.9 Å². The molecule has 0 atom stereocenters. The summed E-state index contributed by atoms with van der Waals surface area (Å²) in [5.74, 6) is 1.03. The van der Waals surface area contributed by atoms with Crippen LogP contribution in [0.3, 0.4) is 0 Å². The molecule has 1 aromatic carbocycles. The van der Waals surface area contributed by atoms with Crippen LogP contribution in [-0.4, -0.2) is 29.0 Å². The zero-order valence-corrected chi connectivity index (χ0v) is 16.3. The number of benzene rings is 1. The first-order valence-corrected chi connectivity index (χ1v) is 9.97. The summed E-state index contributed by atoms with van der Waals surface area (Å²) in [6, 6.07) is 7.37. The average Bonchev–Trinajstić information content (AvgIpc) is 2.98. The molecule has 1 fully saturated rings. The second kappa shape index (κ2) is 7.15. The molecule has 7 heteroatoms. The predicted molar refractivity (Wildman–Crippen MR) is 111 cm³/mol. The first kappa shape index (κ1) is 17.7. The lowest BCUT2D eigenvalue weighted by molar-refractivity contribution is -0.120. The van der Waals surface area contributed by atoms with Gasteiger partial charge in [0.25, 0.3) is 0 Å². The molecule has 3 N–H and O–H groups in total. The van der Waals surface area contributed by atoms with Gasteiger partial charge in [-0.25, -0.2) is 9.97 Å². The van der Waals surface area contributed by atoms with Crippen LogP contribution in [0, 0.1) is 19.8 Å². The van der Waals surface area contributed by atoms with E-state index < -0.39 is 0 Å². The number of carbonyl (C=O) groups is 1. The van der Waals surface area contributed by atoms with E-state index in [0.717, 1.165) is 42.0 Å². The van der Waals surface area contributed by atoms with Gasteiger partial charge in [-0.15, -0.1) is 11.3 Å². The molecule has 3 aromatic rings. The number of nitrogen functional groups attached to an aromatic ring is 1. The number of para-hydroxylation sites is 2. The molecule has 0 unspecified atom stereocenters. The molecule has 4 rings (SSSR count). The van der Waals surface area contributed by atoms with Crippen molar-refractivity contribution in [3.8, 4) is 0 Å². The predicted octanol–water partition coefficient (Wildman–Crippen LogP) is 3.75. The molecular weight excluding hydrogens is 358 g/mol.